The molecular weight excluding hydrogens is 556 g/mol. The summed E-state index contributed by atoms with van der Waals surface area (Å²) in [6, 6.07) is 0. The van der Waals surface area contributed by atoms with E-state index in [0.717, 1.165) is 38.5 Å². The molecule has 5 fully saturated rings. The maximum atomic E-state index is 12.1. The lowest BCUT2D eigenvalue weighted by Crippen LogP contribution is -2.68. The molecule has 1 saturated heterocycles. The van der Waals surface area contributed by atoms with E-state index in [0.29, 0.717) is 17.8 Å². The Morgan fingerprint density at radius 3 is 2.18 bits per heavy atom. The number of allylic oxidation sites excluding steroid dienone is 4. The lowest BCUT2D eigenvalue weighted by atomic mass is 9.33. The van der Waals surface area contributed by atoms with Gasteiger partial charge in [0.2, 0.25) is 0 Å². The van der Waals surface area contributed by atoms with E-state index in [1.807, 2.05) is 0 Å². The van der Waals surface area contributed by atoms with E-state index in [1.54, 1.807) is 0 Å². The Labute approximate surface area is 266 Å². The van der Waals surface area contributed by atoms with E-state index in [2.05, 4.69) is 67.5 Å². The Hall–Kier alpha value is -0.800. The summed E-state index contributed by atoms with van der Waals surface area (Å²) in [5, 5.41) is 53.1. The number of rotatable bonds is 6. The first-order chi connectivity index (χ1) is 20.5. The van der Waals surface area contributed by atoms with Gasteiger partial charge in [-0.15, -0.1) is 0 Å². The minimum absolute atomic E-state index is 0.0297. The number of fused-ring (bicyclic) bond motifs is 5. The molecule has 0 amide bonds. The second-order valence-corrected chi connectivity index (χ2v) is 17.0. The normalized spacial score (nSPS) is 50.7. The van der Waals surface area contributed by atoms with Crippen LogP contribution in [0.15, 0.2) is 23.3 Å². The zero-order valence-corrected chi connectivity index (χ0v) is 28.6. The fourth-order valence-corrected chi connectivity index (χ4v) is 11.7. The fraction of sp³-hybridized carbons (Fsp3) is 0.892. The molecule has 7 nitrogen and oxygen atoms in total. The van der Waals surface area contributed by atoms with Gasteiger partial charge in [-0.2, -0.15) is 0 Å². The summed E-state index contributed by atoms with van der Waals surface area (Å²) in [7, 11) is 0. The van der Waals surface area contributed by atoms with Crippen LogP contribution in [0.1, 0.15) is 113 Å². The van der Waals surface area contributed by atoms with Crippen LogP contribution >= 0.6 is 0 Å². The molecule has 4 aliphatic carbocycles. The van der Waals surface area contributed by atoms with E-state index >= 15 is 0 Å². The highest BCUT2D eigenvalue weighted by atomic mass is 16.7. The van der Waals surface area contributed by atoms with Crippen molar-refractivity contribution >= 4 is 0 Å². The van der Waals surface area contributed by atoms with E-state index in [9.17, 15) is 25.5 Å². The van der Waals surface area contributed by atoms with Gasteiger partial charge in [-0.05, 0) is 117 Å². The monoisotopic (exact) mass is 618 g/mol. The lowest BCUT2D eigenvalue weighted by Gasteiger charge is -2.72. The molecule has 0 radical (unpaired) electrons. The highest BCUT2D eigenvalue weighted by Crippen LogP contribution is 2.74. The SMILES string of the molecule is CC(C)=CC/C=C(/C)[C@H]1CCC[C@]2(C)[C@@H]1[C@H](O)C[C@@H]1[C@@]3(C)CC[C@H](O[C@@H]4O[C@H](CO)[C@@H](O)[C@H](O)[C@H]4O)C(C)(C)[C@@H]3CC[C@]12C. The summed E-state index contributed by atoms with van der Waals surface area (Å²) in [5.74, 6) is 1.46. The molecule has 4 saturated carbocycles. The van der Waals surface area contributed by atoms with Crippen LogP contribution in [0.5, 0.6) is 0 Å². The van der Waals surface area contributed by atoms with Crippen LogP contribution in [0.2, 0.25) is 0 Å². The zero-order chi connectivity index (χ0) is 32.4. The number of hydrogen-bond donors (Lipinski definition) is 5. The maximum Gasteiger partial charge on any atom is 0.186 e. The molecule has 0 bridgehead atoms. The van der Waals surface area contributed by atoms with Crippen molar-refractivity contribution < 1.29 is 35.0 Å². The van der Waals surface area contributed by atoms with Crippen molar-refractivity contribution in [1.82, 2.24) is 0 Å². The standard InChI is InChI=1S/C37H62O7/c1-21(2)11-9-12-22(3)23-13-10-16-37(8)29(23)24(39)19-27-35(6)17-15-28(34(4,5)26(35)14-18-36(27,37)7)44-33-32(42)31(41)30(40)25(20-38)43-33/h11-12,23-33,38-42H,9-10,13-20H2,1-8H3/b22-12-/t23-,24-,25-,26+,27-,28+,29+,30-,31+,32-,33+,35+,36-,37-/m1/s1. The van der Waals surface area contributed by atoms with E-state index in [-0.39, 0.29) is 39.8 Å². The van der Waals surface area contributed by atoms with Crippen LogP contribution in [0.4, 0.5) is 0 Å². The first-order valence-electron chi connectivity index (χ1n) is 17.5. The molecule has 7 heteroatoms. The molecule has 44 heavy (non-hydrogen) atoms. The van der Waals surface area contributed by atoms with Gasteiger partial charge in [0.05, 0.1) is 18.8 Å². The average molecular weight is 619 g/mol. The smallest absolute Gasteiger partial charge is 0.186 e. The second kappa shape index (κ2) is 12.3. The van der Waals surface area contributed by atoms with Gasteiger partial charge in [0.1, 0.15) is 24.4 Å². The topological polar surface area (TPSA) is 120 Å². The van der Waals surface area contributed by atoms with Crippen molar-refractivity contribution in [1.29, 1.82) is 0 Å². The van der Waals surface area contributed by atoms with Gasteiger partial charge in [0.25, 0.3) is 0 Å². The zero-order valence-electron chi connectivity index (χ0n) is 28.6. The third-order valence-electron chi connectivity index (χ3n) is 14.3. The maximum absolute atomic E-state index is 12.1. The van der Waals surface area contributed by atoms with Crippen LogP contribution in [-0.4, -0.2) is 75.1 Å². The van der Waals surface area contributed by atoms with Crippen molar-refractivity contribution in [2.75, 3.05) is 6.61 Å². The molecule has 1 aliphatic heterocycles. The third kappa shape index (κ3) is 5.38. The van der Waals surface area contributed by atoms with Gasteiger partial charge in [-0.25, -0.2) is 0 Å². The Morgan fingerprint density at radius 2 is 1.52 bits per heavy atom. The highest BCUT2D eigenvalue weighted by Gasteiger charge is 2.69. The molecule has 0 aromatic carbocycles. The molecule has 252 valence electrons. The minimum atomic E-state index is -1.44. The Bertz CT molecular complexity index is 1100. The van der Waals surface area contributed by atoms with Crippen molar-refractivity contribution in [3.8, 4) is 0 Å². The summed E-state index contributed by atoms with van der Waals surface area (Å²) in [6.07, 6.45) is 7.15. The molecule has 0 unspecified atom stereocenters. The number of aliphatic hydroxyl groups excluding tert-OH is 5. The molecule has 5 rings (SSSR count). The van der Waals surface area contributed by atoms with Gasteiger partial charge < -0.3 is 35.0 Å². The Kier molecular flexibility index (Phi) is 9.68. The summed E-state index contributed by atoms with van der Waals surface area (Å²) in [4.78, 5) is 0. The van der Waals surface area contributed by atoms with E-state index < -0.39 is 37.3 Å². The predicted octanol–water partition coefficient (Wildman–Crippen LogP) is 5.52. The fourth-order valence-electron chi connectivity index (χ4n) is 11.7. The van der Waals surface area contributed by atoms with Crippen LogP contribution < -0.4 is 0 Å². The van der Waals surface area contributed by atoms with Crippen LogP contribution in [0, 0.1) is 45.3 Å². The molecule has 0 spiro atoms. The predicted molar refractivity (Wildman–Crippen MR) is 171 cm³/mol. The summed E-state index contributed by atoms with van der Waals surface area (Å²) in [5.41, 5.74) is 2.77. The number of hydrogen-bond acceptors (Lipinski definition) is 7. The Balaban J connectivity index is 1.39. The molecule has 5 N–H and O–H groups in total. The highest BCUT2D eigenvalue weighted by molar-refractivity contribution is 5.21. The third-order valence-corrected chi connectivity index (χ3v) is 14.3. The first-order valence-corrected chi connectivity index (χ1v) is 17.5. The van der Waals surface area contributed by atoms with Gasteiger partial charge in [-0.1, -0.05) is 64.3 Å². The molecule has 0 aromatic heterocycles. The van der Waals surface area contributed by atoms with Crippen molar-refractivity contribution in [2.45, 2.75) is 156 Å². The molecule has 1 heterocycles. The largest absolute Gasteiger partial charge is 0.394 e. The van der Waals surface area contributed by atoms with Crippen LogP contribution in [0.3, 0.4) is 0 Å². The number of aliphatic hydroxyl groups is 5. The van der Waals surface area contributed by atoms with Crippen molar-refractivity contribution in [2.24, 2.45) is 45.3 Å². The first kappa shape index (κ1) is 34.5. The molecule has 5 aliphatic rings. The molecule has 14 atom stereocenters. The van der Waals surface area contributed by atoms with Crippen LogP contribution in [0.25, 0.3) is 0 Å². The summed E-state index contributed by atoms with van der Waals surface area (Å²) in [6.45, 7) is 18.2. The summed E-state index contributed by atoms with van der Waals surface area (Å²) >= 11 is 0. The van der Waals surface area contributed by atoms with Crippen LogP contribution in [-0.2, 0) is 9.47 Å². The molecular formula is C37H62O7. The number of ether oxygens (including phenoxy) is 2. The van der Waals surface area contributed by atoms with E-state index in [1.165, 1.54) is 30.4 Å². The molecule has 0 aromatic rings. The lowest BCUT2D eigenvalue weighted by molar-refractivity contribution is -0.332. The summed E-state index contributed by atoms with van der Waals surface area (Å²) < 4.78 is 12.2. The van der Waals surface area contributed by atoms with Crippen molar-refractivity contribution in [3.05, 3.63) is 23.3 Å². The van der Waals surface area contributed by atoms with Gasteiger partial charge >= 0.3 is 0 Å². The quantitative estimate of drug-likeness (QED) is 0.196. The minimum Gasteiger partial charge on any atom is -0.394 e. The Morgan fingerprint density at radius 1 is 0.818 bits per heavy atom. The van der Waals surface area contributed by atoms with Gasteiger partial charge in [0.15, 0.2) is 6.29 Å². The average Bonchev–Trinajstić information content (AvgIpc) is 2.95. The van der Waals surface area contributed by atoms with E-state index in [4.69, 9.17) is 9.47 Å². The van der Waals surface area contributed by atoms with Gasteiger partial charge in [-0.3, -0.25) is 0 Å². The van der Waals surface area contributed by atoms with Gasteiger partial charge in [0, 0.05) is 0 Å². The van der Waals surface area contributed by atoms with Crippen molar-refractivity contribution in [3.63, 3.8) is 0 Å². The second-order valence-electron chi connectivity index (χ2n) is 17.0.